The van der Waals surface area contributed by atoms with Crippen LogP contribution in [0.5, 0.6) is 0 Å². The van der Waals surface area contributed by atoms with Crippen molar-refractivity contribution in [2.75, 3.05) is 6.54 Å². The second-order valence-electron chi connectivity index (χ2n) is 9.14. The van der Waals surface area contributed by atoms with E-state index in [1.807, 2.05) is 0 Å². The fraction of sp³-hybridized carbons (Fsp3) is 0.895. The number of hydrogen-bond donors (Lipinski definition) is 3. The average Bonchev–Trinajstić information content (AvgIpc) is 2.89. The Morgan fingerprint density at radius 3 is 2.29 bits per heavy atom. The number of urea groups is 1. The van der Waals surface area contributed by atoms with Crippen LogP contribution in [-0.2, 0) is 4.79 Å². The lowest BCUT2D eigenvalue weighted by atomic mass is 9.72. The number of aliphatic carboxylic acids is 1. The van der Waals surface area contributed by atoms with Crippen LogP contribution in [0.2, 0.25) is 0 Å². The molecule has 24 heavy (non-hydrogen) atoms. The summed E-state index contributed by atoms with van der Waals surface area (Å²) in [4.78, 5) is 23.8. The van der Waals surface area contributed by atoms with Gasteiger partial charge in [-0.1, -0.05) is 19.3 Å². The summed E-state index contributed by atoms with van der Waals surface area (Å²) in [6.07, 6.45) is 11.6. The molecule has 5 fully saturated rings. The van der Waals surface area contributed by atoms with Crippen molar-refractivity contribution < 1.29 is 14.7 Å². The fourth-order valence-electron chi connectivity index (χ4n) is 6.58. The smallest absolute Gasteiger partial charge is 0.315 e. The SMILES string of the molecule is O=C(O)CC1(CNC(=O)NC23CC4CC(CC2C4)C3)CCCCC1. The summed E-state index contributed by atoms with van der Waals surface area (Å²) in [5, 5.41) is 15.6. The molecule has 0 aromatic heterocycles. The number of hydrogen-bond acceptors (Lipinski definition) is 2. The molecule has 0 radical (unpaired) electrons. The summed E-state index contributed by atoms with van der Waals surface area (Å²) in [6.45, 7) is 0.499. The van der Waals surface area contributed by atoms with Gasteiger partial charge in [-0.25, -0.2) is 4.79 Å². The minimum atomic E-state index is -0.746. The molecule has 134 valence electrons. The molecule has 0 spiro atoms. The number of carbonyl (C=O) groups is 2. The Labute approximate surface area is 144 Å². The lowest BCUT2D eigenvalue weighted by molar-refractivity contribution is -0.140. The number of rotatable bonds is 5. The molecular weight excluding hydrogens is 304 g/mol. The van der Waals surface area contributed by atoms with Crippen LogP contribution < -0.4 is 10.6 Å². The fourth-order valence-corrected chi connectivity index (χ4v) is 6.58. The van der Waals surface area contributed by atoms with Gasteiger partial charge in [0.1, 0.15) is 0 Å². The zero-order valence-corrected chi connectivity index (χ0v) is 14.5. The molecule has 4 bridgehead atoms. The van der Waals surface area contributed by atoms with Crippen LogP contribution in [0.1, 0.15) is 70.6 Å². The Hall–Kier alpha value is -1.26. The molecule has 3 N–H and O–H groups in total. The molecular formula is C19H30N2O3. The van der Waals surface area contributed by atoms with Gasteiger partial charge in [-0.2, -0.15) is 0 Å². The number of amides is 2. The molecule has 5 aliphatic rings. The van der Waals surface area contributed by atoms with Gasteiger partial charge in [0, 0.05) is 12.1 Å². The van der Waals surface area contributed by atoms with E-state index >= 15 is 0 Å². The first-order valence-corrected chi connectivity index (χ1v) is 9.76. The topological polar surface area (TPSA) is 78.4 Å². The van der Waals surface area contributed by atoms with Crippen molar-refractivity contribution in [3.05, 3.63) is 0 Å². The summed E-state index contributed by atoms with van der Waals surface area (Å²) in [5.41, 5.74) is -0.198. The third kappa shape index (κ3) is 2.91. The van der Waals surface area contributed by atoms with Crippen molar-refractivity contribution >= 4 is 12.0 Å². The first kappa shape index (κ1) is 16.2. The predicted octanol–water partition coefficient (Wildman–Crippen LogP) is 3.29. The van der Waals surface area contributed by atoms with Gasteiger partial charge >= 0.3 is 12.0 Å². The molecule has 2 unspecified atom stereocenters. The Morgan fingerprint density at radius 1 is 1.00 bits per heavy atom. The van der Waals surface area contributed by atoms with Crippen molar-refractivity contribution in [1.29, 1.82) is 0 Å². The van der Waals surface area contributed by atoms with E-state index in [1.165, 1.54) is 25.7 Å². The monoisotopic (exact) mass is 334 g/mol. The molecule has 0 aliphatic heterocycles. The Kier molecular flexibility index (Phi) is 4.00. The van der Waals surface area contributed by atoms with Gasteiger partial charge in [-0.15, -0.1) is 0 Å². The van der Waals surface area contributed by atoms with E-state index in [4.69, 9.17) is 0 Å². The summed E-state index contributed by atoms with van der Waals surface area (Å²) in [6, 6.07) is -0.0708. The van der Waals surface area contributed by atoms with Gasteiger partial charge in [0.2, 0.25) is 0 Å². The van der Waals surface area contributed by atoms with E-state index in [0.29, 0.717) is 12.5 Å². The number of carbonyl (C=O) groups excluding carboxylic acids is 1. The van der Waals surface area contributed by atoms with Crippen LogP contribution >= 0.6 is 0 Å². The van der Waals surface area contributed by atoms with Gasteiger partial charge in [0.05, 0.1) is 6.42 Å². The Balaban J connectivity index is 1.35. The maximum atomic E-state index is 12.6. The molecule has 0 aromatic rings. The van der Waals surface area contributed by atoms with E-state index in [2.05, 4.69) is 10.6 Å². The van der Waals surface area contributed by atoms with Crippen LogP contribution in [-0.4, -0.2) is 29.2 Å². The molecule has 5 saturated carbocycles. The molecule has 5 aliphatic carbocycles. The Bertz CT molecular complexity index is 513. The van der Waals surface area contributed by atoms with Crippen molar-refractivity contribution in [3.8, 4) is 0 Å². The average molecular weight is 334 g/mol. The highest BCUT2D eigenvalue weighted by Crippen LogP contribution is 2.60. The quantitative estimate of drug-likeness (QED) is 0.722. The highest BCUT2D eigenvalue weighted by molar-refractivity contribution is 5.75. The van der Waals surface area contributed by atoms with Crippen LogP contribution in [0.4, 0.5) is 4.79 Å². The van der Waals surface area contributed by atoms with Crippen molar-refractivity contribution in [2.45, 2.75) is 76.2 Å². The second-order valence-corrected chi connectivity index (χ2v) is 9.14. The van der Waals surface area contributed by atoms with Gasteiger partial charge in [0.15, 0.2) is 0 Å². The second kappa shape index (κ2) is 5.92. The minimum absolute atomic E-state index is 0.0458. The first-order chi connectivity index (χ1) is 11.5. The highest BCUT2D eigenvalue weighted by atomic mass is 16.4. The standard InChI is InChI=1S/C19H30N2O3/c22-16(23)11-18(4-2-1-3-5-18)12-20-17(24)21-19-9-13-6-14(10-19)8-15(19)7-13/h13-15H,1-12H2,(H,22,23)(H2,20,21,24). The third-order valence-electron chi connectivity index (χ3n) is 7.42. The summed E-state index contributed by atoms with van der Waals surface area (Å²) in [5.74, 6) is 1.57. The van der Waals surface area contributed by atoms with Crippen molar-refractivity contribution in [3.63, 3.8) is 0 Å². The van der Waals surface area contributed by atoms with Crippen LogP contribution in [0, 0.1) is 23.2 Å². The summed E-state index contributed by atoms with van der Waals surface area (Å²) in [7, 11) is 0. The molecule has 5 nitrogen and oxygen atoms in total. The van der Waals surface area contributed by atoms with Gasteiger partial charge < -0.3 is 15.7 Å². The van der Waals surface area contributed by atoms with E-state index in [-0.39, 0.29) is 23.4 Å². The molecule has 5 rings (SSSR count). The largest absolute Gasteiger partial charge is 0.481 e. The van der Waals surface area contributed by atoms with E-state index in [1.54, 1.807) is 0 Å². The number of nitrogens with one attached hydrogen (secondary N) is 2. The van der Waals surface area contributed by atoms with E-state index in [0.717, 1.165) is 50.4 Å². The maximum Gasteiger partial charge on any atom is 0.315 e. The zero-order valence-electron chi connectivity index (χ0n) is 14.5. The number of carboxylic acids is 1. The lowest BCUT2D eigenvalue weighted by Crippen LogP contribution is -2.54. The normalized spacial score (nSPS) is 38.9. The van der Waals surface area contributed by atoms with Crippen molar-refractivity contribution in [2.24, 2.45) is 23.2 Å². The summed E-state index contributed by atoms with van der Waals surface area (Å²) >= 11 is 0. The van der Waals surface area contributed by atoms with Crippen LogP contribution in [0.3, 0.4) is 0 Å². The molecule has 0 saturated heterocycles. The maximum absolute atomic E-state index is 12.6. The molecule has 0 aromatic carbocycles. The van der Waals surface area contributed by atoms with E-state index in [9.17, 15) is 14.7 Å². The lowest BCUT2D eigenvalue weighted by Gasteiger charge is -2.38. The molecule has 2 amide bonds. The van der Waals surface area contributed by atoms with Crippen molar-refractivity contribution in [1.82, 2.24) is 10.6 Å². The first-order valence-electron chi connectivity index (χ1n) is 9.76. The van der Waals surface area contributed by atoms with Gasteiger partial charge in [-0.3, -0.25) is 4.79 Å². The molecule has 5 heteroatoms. The Morgan fingerprint density at radius 2 is 1.67 bits per heavy atom. The molecule has 0 heterocycles. The predicted molar refractivity (Wildman–Crippen MR) is 90.6 cm³/mol. The molecule has 2 atom stereocenters. The third-order valence-corrected chi connectivity index (χ3v) is 7.42. The van der Waals surface area contributed by atoms with E-state index < -0.39 is 5.97 Å². The van der Waals surface area contributed by atoms with Crippen LogP contribution in [0.25, 0.3) is 0 Å². The van der Waals surface area contributed by atoms with Gasteiger partial charge in [0.25, 0.3) is 0 Å². The van der Waals surface area contributed by atoms with Crippen LogP contribution in [0.15, 0.2) is 0 Å². The highest BCUT2D eigenvalue weighted by Gasteiger charge is 2.58. The zero-order chi connectivity index (χ0) is 16.8. The number of carboxylic acid groups (broad SMARTS) is 1. The minimum Gasteiger partial charge on any atom is -0.481 e. The summed E-state index contributed by atoms with van der Waals surface area (Å²) < 4.78 is 0. The van der Waals surface area contributed by atoms with Gasteiger partial charge in [-0.05, 0) is 68.1 Å².